The van der Waals surface area contributed by atoms with Gasteiger partial charge in [-0.1, -0.05) is 18.2 Å². The number of amides is 1. The molecule has 134 valence electrons. The fraction of sp³-hybridized carbons (Fsp3) is 0.211. The van der Waals surface area contributed by atoms with E-state index in [1.54, 1.807) is 43.5 Å². The van der Waals surface area contributed by atoms with Gasteiger partial charge < -0.3 is 14.2 Å². The van der Waals surface area contributed by atoms with Crippen LogP contribution in [0.15, 0.2) is 47.6 Å². The Labute approximate surface area is 151 Å². The molecule has 1 amide bonds. The number of hydrogen-bond donors (Lipinski definition) is 1. The zero-order valence-electron chi connectivity index (χ0n) is 14.6. The first-order valence-electron chi connectivity index (χ1n) is 7.79. The lowest BCUT2D eigenvalue weighted by Gasteiger charge is -2.09. The van der Waals surface area contributed by atoms with Gasteiger partial charge in [-0.05, 0) is 29.8 Å². The van der Waals surface area contributed by atoms with Gasteiger partial charge in [0.25, 0.3) is 0 Å². The second-order valence-electron chi connectivity index (χ2n) is 5.14. The third kappa shape index (κ3) is 5.24. The van der Waals surface area contributed by atoms with Crippen LogP contribution in [0.1, 0.15) is 11.1 Å². The molecular weight excluding hydrogens is 334 g/mol. The molecule has 0 saturated carbocycles. The highest BCUT2D eigenvalue weighted by atomic mass is 16.5. The minimum Gasteiger partial charge on any atom is -0.493 e. The molecule has 1 N–H and O–H groups in total. The smallest absolute Gasteiger partial charge is 0.244 e. The molecule has 0 aliphatic heterocycles. The van der Waals surface area contributed by atoms with E-state index in [2.05, 4.69) is 10.5 Å². The highest BCUT2D eigenvalue weighted by Crippen LogP contribution is 2.27. The monoisotopic (exact) mass is 353 g/mol. The van der Waals surface area contributed by atoms with Crippen molar-refractivity contribution in [2.45, 2.75) is 6.42 Å². The molecule has 0 fully saturated rings. The summed E-state index contributed by atoms with van der Waals surface area (Å²) in [4.78, 5) is 12.0. The fourth-order valence-electron chi connectivity index (χ4n) is 2.22. The molecule has 0 unspecified atom stereocenters. The fourth-order valence-corrected chi connectivity index (χ4v) is 2.22. The summed E-state index contributed by atoms with van der Waals surface area (Å²) in [6, 6.07) is 14.3. The van der Waals surface area contributed by atoms with Crippen LogP contribution in [0.5, 0.6) is 17.2 Å². The number of nitrogens with zero attached hydrogens (tertiary/aromatic N) is 2. The molecular formula is C19H19N3O4. The third-order valence-corrected chi connectivity index (χ3v) is 3.42. The highest BCUT2D eigenvalue weighted by molar-refractivity contribution is 5.85. The molecule has 7 nitrogen and oxygen atoms in total. The second-order valence-corrected chi connectivity index (χ2v) is 5.14. The van der Waals surface area contributed by atoms with E-state index >= 15 is 0 Å². The number of hydrazone groups is 1. The molecule has 0 heterocycles. The van der Waals surface area contributed by atoms with Crippen LogP contribution in [0, 0.1) is 11.3 Å². The average Bonchev–Trinajstić information content (AvgIpc) is 2.67. The Balaban J connectivity index is 1.97. The lowest BCUT2D eigenvalue weighted by Crippen LogP contribution is -2.19. The van der Waals surface area contributed by atoms with E-state index in [9.17, 15) is 4.79 Å². The van der Waals surface area contributed by atoms with Gasteiger partial charge in [0.1, 0.15) is 11.8 Å². The standard InChI is InChI=1S/C19H19N3O4/c1-24-17-8-7-14(11-18(17)25-2)12-19(23)22-21-13-15-5-3-4-6-16(15)26-10-9-20/h3-8,11,13H,10,12H2,1-2H3,(H,22,23)/b21-13+. The molecule has 7 heteroatoms. The van der Waals surface area contributed by atoms with Crippen LogP contribution in [-0.4, -0.2) is 32.9 Å². The summed E-state index contributed by atoms with van der Waals surface area (Å²) >= 11 is 0. The zero-order chi connectivity index (χ0) is 18.8. The number of carbonyl (C=O) groups is 1. The summed E-state index contributed by atoms with van der Waals surface area (Å²) in [7, 11) is 3.09. The number of rotatable bonds is 8. The van der Waals surface area contributed by atoms with Crippen LogP contribution >= 0.6 is 0 Å². The van der Waals surface area contributed by atoms with Crippen molar-refractivity contribution in [3.05, 3.63) is 53.6 Å². The van der Waals surface area contributed by atoms with Crippen molar-refractivity contribution in [3.63, 3.8) is 0 Å². The first kappa shape index (κ1) is 18.8. The topological polar surface area (TPSA) is 92.9 Å². The molecule has 0 spiro atoms. The van der Waals surface area contributed by atoms with E-state index in [0.717, 1.165) is 5.56 Å². The molecule has 2 rings (SSSR count). The number of ether oxygens (including phenoxy) is 3. The zero-order valence-corrected chi connectivity index (χ0v) is 14.6. The number of carbonyl (C=O) groups excluding carboxylic acids is 1. The average molecular weight is 353 g/mol. The summed E-state index contributed by atoms with van der Waals surface area (Å²) < 4.78 is 15.7. The highest BCUT2D eigenvalue weighted by Gasteiger charge is 2.08. The number of nitriles is 1. The van der Waals surface area contributed by atoms with Crippen molar-refractivity contribution in [2.24, 2.45) is 5.10 Å². The number of hydrogen-bond acceptors (Lipinski definition) is 6. The summed E-state index contributed by atoms with van der Waals surface area (Å²) in [6.07, 6.45) is 1.61. The number of methoxy groups -OCH3 is 2. The summed E-state index contributed by atoms with van der Waals surface area (Å²) in [5.41, 5.74) is 3.90. The van der Waals surface area contributed by atoms with E-state index < -0.39 is 0 Å². The minimum absolute atomic E-state index is 0.0590. The maximum absolute atomic E-state index is 12.0. The predicted molar refractivity (Wildman–Crippen MR) is 96.5 cm³/mol. The number of para-hydroxylation sites is 1. The van der Waals surface area contributed by atoms with Gasteiger partial charge in [-0.15, -0.1) is 0 Å². The first-order chi connectivity index (χ1) is 12.7. The third-order valence-electron chi connectivity index (χ3n) is 3.42. The second kappa shape index (κ2) is 9.69. The van der Waals surface area contributed by atoms with Gasteiger partial charge in [0.2, 0.25) is 5.91 Å². The van der Waals surface area contributed by atoms with Crippen molar-refractivity contribution in [1.82, 2.24) is 5.43 Å². The van der Waals surface area contributed by atoms with Crippen LogP contribution in [0.2, 0.25) is 0 Å². The van der Waals surface area contributed by atoms with E-state index in [0.29, 0.717) is 22.8 Å². The van der Waals surface area contributed by atoms with Crippen LogP contribution in [0.3, 0.4) is 0 Å². The largest absolute Gasteiger partial charge is 0.493 e. The molecule has 0 aliphatic carbocycles. The van der Waals surface area contributed by atoms with E-state index in [1.165, 1.54) is 13.3 Å². The Bertz CT molecular complexity index is 828. The van der Waals surface area contributed by atoms with E-state index in [4.69, 9.17) is 19.5 Å². The van der Waals surface area contributed by atoms with Gasteiger partial charge in [0, 0.05) is 5.56 Å². The van der Waals surface area contributed by atoms with Gasteiger partial charge in [0.05, 0.1) is 26.9 Å². The maximum atomic E-state index is 12.0. The molecule has 2 aromatic carbocycles. The van der Waals surface area contributed by atoms with Crippen molar-refractivity contribution < 1.29 is 19.0 Å². The normalized spacial score (nSPS) is 10.2. The predicted octanol–water partition coefficient (Wildman–Crippen LogP) is 2.30. The summed E-state index contributed by atoms with van der Waals surface area (Å²) in [5.74, 6) is 1.41. The summed E-state index contributed by atoms with van der Waals surface area (Å²) in [5, 5.41) is 12.5. The Kier molecular flexibility index (Phi) is 7.01. The van der Waals surface area contributed by atoms with Gasteiger partial charge in [-0.3, -0.25) is 4.79 Å². The molecule has 0 aromatic heterocycles. The van der Waals surface area contributed by atoms with Gasteiger partial charge in [-0.25, -0.2) is 5.43 Å². The van der Waals surface area contributed by atoms with Crippen LogP contribution in [-0.2, 0) is 11.2 Å². The molecule has 0 bridgehead atoms. The molecule has 0 radical (unpaired) electrons. The first-order valence-corrected chi connectivity index (χ1v) is 7.79. The van der Waals surface area contributed by atoms with Crippen molar-refractivity contribution in [3.8, 4) is 23.3 Å². The Morgan fingerprint density at radius 3 is 2.65 bits per heavy atom. The van der Waals surface area contributed by atoms with Gasteiger partial charge in [0.15, 0.2) is 18.1 Å². The van der Waals surface area contributed by atoms with E-state index in [-0.39, 0.29) is 18.9 Å². The van der Waals surface area contributed by atoms with Crippen LogP contribution < -0.4 is 19.6 Å². The lowest BCUT2D eigenvalue weighted by molar-refractivity contribution is -0.120. The molecule has 0 atom stereocenters. The van der Waals surface area contributed by atoms with Crippen molar-refractivity contribution >= 4 is 12.1 Å². The van der Waals surface area contributed by atoms with Crippen molar-refractivity contribution in [2.75, 3.05) is 20.8 Å². The van der Waals surface area contributed by atoms with Gasteiger partial charge >= 0.3 is 0 Å². The van der Waals surface area contributed by atoms with Crippen LogP contribution in [0.4, 0.5) is 0 Å². The Hall–Kier alpha value is -3.53. The van der Waals surface area contributed by atoms with Crippen molar-refractivity contribution in [1.29, 1.82) is 5.26 Å². The Morgan fingerprint density at radius 1 is 1.15 bits per heavy atom. The Morgan fingerprint density at radius 2 is 1.92 bits per heavy atom. The quantitative estimate of drug-likeness (QED) is 0.581. The molecule has 2 aromatic rings. The summed E-state index contributed by atoms with van der Waals surface area (Å²) in [6.45, 7) is -0.0590. The van der Waals surface area contributed by atoms with Gasteiger partial charge in [-0.2, -0.15) is 10.4 Å². The molecule has 0 aliphatic rings. The molecule has 0 saturated heterocycles. The lowest BCUT2D eigenvalue weighted by atomic mass is 10.1. The SMILES string of the molecule is COc1ccc(CC(=O)N/N=C/c2ccccc2OCC#N)cc1OC. The van der Waals surface area contributed by atoms with Crippen LogP contribution in [0.25, 0.3) is 0 Å². The minimum atomic E-state index is -0.274. The van der Waals surface area contributed by atoms with E-state index in [1.807, 2.05) is 12.1 Å². The number of benzene rings is 2. The molecule has 26 heavy (non-hydrogen) atoms. The maximum Gasteiger partial charge on any atom is 0.244 e. The number of nitrogens with one attached hydrogen (secondary N) is 1.